The molecule has 1 aliphatic heterocycles. The zero-order valence-corrected chi connectivity index (χ0v) is 19.4. The molecule has 0 fully saturated rings. The van der Waals surface area contributed by atoms with E-state index in [2.05, 4.69) is 21.6 Å². The lowest BCUT2D eigenvalue weighted by atomic mass is 9.93. The Labute approximate surface area is 192 Å². The number of dihydropyridines is 1. The monoisotopic (exact) mass is 469 g/mol. The van der Waals surface area contributed by atoms with E-state index in [-0.39, 0.29) is 35.6 Å². The molecule has 10 heteroatoms. The first kappa shape index (κ1) is 24.0. The number of aryl methyl sites for hydroxylation is 1. The van der Waals surface area contributed by atoms with E-state index >= 15 is 0 Å². The molecule has 2 heterocycles. The van der Waals surface area contributed by atoms with Crippen molar-refractivity contribution in [3.63, 3.8) is 0 Å². The standard InChI is InChI=1S/C23H27N5O4S/c1-4-19-16(3)18(12-25-14-29)21(22(24)26-19)28-15(2)10-11-20(23(28)30)27-33(31,32)13-17-8-6-5-7-9-17/h5-11,14,19,27H,3-4,12-13H2,1-2H3,(H2,24,26)(H,25,29). The normalized spacial score (nSPS) is 16.4. The van der Waals surface area contributed by atoms with Gasteiger partial charge in [-0.25, -0.2) is 8.42 Å². The number of nitrogens with two attached hydrogens (primary N) is 1. The van der Waals surface area contributed by atoms with Crippen LogP contribution in [0.2, 0.25) is 0 Å². The number of amides is 1. The van der Waals surface area contributed by atoms with Crippen molar-refractivity contribution >= 4 is 33.7 Å². The zero-order valence-electron chi connectivity index (χ0n) is 18.5. The van der Waals surface area contributed by atoms with Crippen molar-refractivity contribution in [3.8, 4) is 0 Å². The van der Waals surface area contributed by atoms with Crippen molar-refractivity contribution in [3.05, 3.63) is 81.8 Å². The number of benzene rings is 1. The minimum Gasteiger partial charge on any atom is -0.382 e. The number of anilines is 1. The van der Waals surface area contributed by atoms with E-state index < -0.39 is 15.6 Å². The van der Waals surface area contributed by atoms with Crippen LogP contribution in [0, 0.1) is 6.92 Å². The summed E-state index contributed by atoms with van der Waals surface area (Å²) in [5.41, 5.74) is 8.12. The lowest BCUT2D eigenvalue weighted by Crippen LogP contribution is -2.37. The minimum absolute atomic E-state index is 0.0974. The summed E-state index contributed by atoms with van der Waals surface area (Å²) in [5.74, 6) is -0.164. The number of nitrogens with one attached hydrogen (secondary N) is 2. The second-order valence-electron chi connectivity index (χ2n) is 7.67. The molecule has 4 N–H and O–H groups in total. The molecule has 1 aliphatic rings. The molecule has 0 bridgehead atoms. The molecule has 33 heavy (non-hydrogen) atoms. The van der Waals surface area contributed by atoms with Crippen LogP contribution in [-0.2, 0) is 20.6 Å². The van der Waals surface area contributed by atoms with Gasteiger partial charge in [-0.15, -0.1) is 0 Å². The molecule has 1 unspecified atom stereocenters. The van der Waals surface area contributed by atoms with E-state index in [1.807, 2.05) is 6.92 Å². The van der Waals surface area contributed by atoms with E-state index in [9.17, 15) is 18.0 Å². The quantitative estimate of drug-likeness (QED) is 0.481. The summed E-state index contributed by atoms with van der Waals surface area (Å²) < 4.78 is 29.1. The minimum atomic E-state index is -3.85. The third kappa shape index (κ3) is 5.23. The van der Waals surface area contributed by atoms with E-state index in [0.29, 0.717) is 35.2 Å². The lowest BCUT2D eigenvalue weighted by Gasteiger charge is -2.28. The first-order valence-corrected chi connectivity index (χ1v) is 12.0. The van der Waals surface area contributed by atoms with Gasteiger partial charge in [-0.3, -0.25) is 23.9 Å². The highest BCUT2D eigenvalue weighted by Gasteiger charge is 2.28. The van der Waals surface area contributed by atoms with E-state index in [1.165, 1.54) is 10.6 Å². The summed E-state index contributed by atoms with van der Waals surface area (Å²) in [6.45, 7) is 7.82. The molecule has 0 spiro atoms. The second kappa shape index (κ2) is 9.86. The number of pyridine rings is 1. The van der Waals surface area contributed by atoms with Gasteiger partial charge in [-0.05, 0) is 36.6 Å². The van der Waals surface area contributed by atoms with Crippen LogP contribution in [0.4, 0.5) is 5.69 Å². The Hall–Kier alpha value is -3.66. The Morgan fingerprint density at radius 1 is 1.21 bits per heavy atom. The molecule has 174 valence electrons. The van der Waals surface area contributed by atoms with Gasteiger partial charge in [0.15, 0.2) is 0 Å². The third-order valence-electron chi connectivity index (χ3n) is 5.33. The number of rotatable bonds is 9. The Kier molecular flexibility index (Phi) is 7.17. The zero-order chi connectivity index (χ0) is 24.2. The fraction of sp³-hybridized carbons (Fsp3) is 0.261. The molecule has 1 aromatic heterocycles. The van der Waals surface area contributed by atoms with Crippen LogP contribution in [-0.4, -0.2) is 37.8 Å². The van der Waals surface area contributed by atoms with Crippen LogP contribution >= 0.6 is 0 Å². The van der Waals surface area contributed by atoms with Crippen LogP contribution in [0.15, 0.2) is 70.0 Å². The SMILES string of the molecule is C=C1C(CNC=O)=C(n2c(C)ccc(NS(=O)(=O)Cc3ccccc3)c2=O)C(N)=NC1CC. The van der Waals surface area contributed by atoms with Gasteiger partial charge >= 0.3 is 0 Å². The smallest absolute Gasteiger partial charge is 0.279 e. The molecule has 9 nitrogen and oxygen atoms in total. The summed E-state index contributed by atoms with van der Waals surface area (Å²) in [6, 6.07) is 11.4. The van der Waals surface area contributed by atoms with Crippen molar-refractivity contribution in [2.24, 2.45) is 10.7 Å². The van der Waals surface area contributed by atoms with Gasteiger partial charge in [0.25, 0.3) is 5.56 Å². The molecule has 1 atom stereocenters. The van der Waals surface area contributed by atoms with Gasteiger partial charge in [0.1, 0.15) is 11.5 Å². The summed E-state index contributed by atoms with van der Waals surface area (Å²) >= 11 is 0. The number of carbonyl (C=O) groups is 1. The van der Waals surface area contributed by atoms with Gasteiger partial charge in [0.2, 0.25) is 16.4 Å². The van der Waals surface area contributed by atoms with Crippen LogP contribution in [0.5, 0.6) is 0 Å². The van der Waals surface area contributed by atoms with Gasteiger partial charge in [-0.1, -0.05) is 43.8 Å². The topological polar surface area (TPSA) is 136 Å². The Morgan fingerprint density at radius 2 is 1.91 bits per heavy atom. The summed E-state index contributed by atoms with van der Waals surface area (Å²) in [4.78, 5) is 28.8. The molecule has 0 aliphatic carbocycles. The van der Waals surface area contributed by atoms with Crippen molar-refractivity contribution in [2.45, 2.75) is 32.1 Å². The highest BCUT2D eigenvalue weighted by atomic mass is 32.2. The van der Waals surface area contributed by atoms with E-state index in [0.717, 1.165) is 0 Å². The molecule has 1 amide bonds. The van der Waals surface area contributed by atoms with Gasteiger partial charge in [0.05, 0.1) is 17.5 Å². The van der Waals surface area contributed by atoms with E-state index in [4.69, 9.17) is 5.73 Å². The number of aliphatic imine (C=N–C) groups is 1. The van der Waals surface area contributed by atoms with Crippen LogP contribution in [0.1, 0.15) is 24.6 Å². The summed E-state index contributed by atoms with van der Waals surface area (Å²) in [5, 5.41) is 2.60. The predicted molar refractivity (Wildman–Crippen MR) is 130 cm³/mol. The lowest BCUT2D eigenvalue weighted by molar-refractivity contribution is -0.109. The maximum Gasteiger partial charge on any atom is 0.279 e. The number of nitrogens with zero attached hydrogens (tertiary/aromatic N) is 2. The van der Waals surface area contributed by atoms with Crippen molar-refractivity contribution < 1.29 is 13.2 Å². The van der Waals surface area contributed by atoms with Gasteiger partial charge in [-0.2, -0.15) is 0 Å². The summed E-state index contributed by atoms with van der Waals surface area (Å²) in [6.07, 6.45) is 1.19. The summed E-state index contributed by atoms with van der Waals surface area (Å²) in [7, 11) is -3.85. The number of amidine groups is 1. The van der Waals surface area contributed by atoms with Crippen LogP contribution < -0.4 is 21.3 Å². The van der Waals surface area contributed by atoms with Crippen molar-refractivity contribution in [1.29, 1.82) is 0 Å². The number of hydrogen-bond acceptors (Lipinski definition) is 6. The maximum absolute atomic E-state index is 13.4. The molecule has 1 aromatic carbocycles. The predicted octanol–water partition coefficient (Wildman–Crippen LogP) is 1.76. The molecule has 0 saturated carbocycles. The highest BCUT2D eigenvalue weighted by molar-refractivity contribution is 7.91. The van der Waals surface area contributed by atoms with Crippen molar-refractivity contribution in [1.82, 2.24) is 9.88 Å². The third-order valence-corrected chi connectivity index (χ3v) is 6.57. The second-order valence-corrected chi connectivity index (χ2v) is 9.39. The fourth-order valence-corrected chi connectivity index (χ4v) is 4.92. The van der Waals surface area contributed by atoms with Crippen molar-refractivity contribution in [2.75, 3.05) is 11.3 Å². The molecule has 3 rings (SSSR count). The average molecular weight is 470 g/mol. The molecular formula is C23H27N5O4S. The fourth-order valence-electron chi connectivity index (χ4n) is 3.73. The number of aromatic nitrogens is 1. The van der Waals surface area contributed by atoms with Gasteiger partial charge < -0.3 is 11.1 Å². The molecule has 0 saturated heterocycles. The maximum atomic E-state index is 13.4. The molecule has 2 aromatic rings. The van der Waals surface area contributed by atoms with Crippen LogP contribution in [0.3, 0.4) is 0 Å². The van der Waals surface area contributed by atoms with Gasteiger partial charge in [0, 0.05) is 17.8 Å². The molecule has 0 radical (unpaired) electrons. The first-order valence-electron chi connectivity index (χ1n) is 10.4. The first-order chi connectivity index (χ1) is 15.7. The molecular weight excluding hydrogens is 442 g/mol. The number of carbonyl (C=O) groups excluding carboxylic acids is 1. The Morgan fingerprint density at radius 3 is 2.55 bits per heavy atom. The van der Waals surface area contributed by atoms with Crippen LogP contribution in [0.25, 0.3) is 5.70 Å². The average Bonchev–Trinajstić information content (AvgIpc) is 2.77. The highest BCUT2D eigenvalue weighted by Crippen LogP contribution is 2.29. The van der Waals surface area contributed by atoms with E-state index in [1.54, 1.807) is 43.3 Å². The number of hydrogen-bond donors (Lipinski definition) is 3. The largest absolute Gasteiger partial charge is 0.382 e. The Bertz CT molecular complexity index is 1290. The number of sulfonamides is 1. The Balaban J connectivity index is 2.09.